The topological polar surface area (TPSA) is 75.7 Å². The molecule has 3 aromatic rings. The summed E-state index contributed by atoms with van der Waals surface area (Å²) in [4.78, 5) is 17.4. The number of aliphatic hydroxyl groups excluding tert-OH is 1. The van der Waals surface area contributed by atoms with Gasteiger partial charge in [0.2, 0.25) is 0 Å². The maximum atomic E-state index is 12.6. The van der Waals surface area contributed by atoms with E-state index < -0.39 is 0 Å². The molecule has 0 amide bonds. The molecule has 28 heavy (non-hydrogen) atoms. The van der Waals surface area contributed by atoms with Crippen LogP contribution in [0.2, 0.25) is 0 Å². The molecular formula is C24H22N2O2. The highest BCUT2D eigenvalue weighted by Gasteiger charge is 2.25. The number of nitrogens with two attached hydrogens (primary N) is 1. The molecule has 0 atom stereocenters. The lowest BCUT2D eigenvalue weighted by atomic mass is 9.89. The summed E-state index contributed by atoms with van der Waals surface area (Å²) in [5, 5.41) is 12.7. The van der Waals surface area contributed by atoms with Crippen LogP contribution in [0.25, 0.3) is 10.8 Å². The first-order chi connectivity index (χ1) is 13.6. The summed E-state index contributed by atoms with van der Waals surface area (Å²) >= 11 is 0. The Labute approximate surface area is 164 Å². The van der Waals surface area contributed by atoms with E-state index in [4.69, 9.17) is 10.7 Å². The number of nitrogens with zero attached hydrogens (tertiary/aromatic N) is 1. The van der Waals surface area contributed by atoms with E-state index in [9.17, 15) is 9.90 Å². The minimum Gasteiger partial charge on any atom is -0.511 e. The summed E-state index contributed by atoms with van der Waals surface area (Å²) < 4.78 is 0. The lowest BCUT2D eigenvalue weighted by Gasteiger charge is -2.18. The molecule has 3 N–H and O–H groups in total. The third-order valence-corrected chi connectivity index (χ3v) is 5.10. The number of aliphatic imine (C=N–C) groups is 1. The molecule has 0 bridgehead atoms. The quantitative estimate of drug-likeness (QED) is 0.483. The van der Waals surface area contributed by atoms with Crippen LogP contribution in [0.4, 0.5) is 11.4 Å². The average Bonchev–Trinajstić information content (AvgIpc) is 2.70. The summed E-state index contributed by atoms with van der Waals surface area (Å²) in [5.74, 6) is 0.0713. The van der Waals surface area contributed by atoms with Gasteiger partial charge in [0.1, 0.15) is 5.76 Å². The Hall–Kier alpha value is -3.40. The number of hydrogen-bond acceptors (Lipinski definition) is 4. The van der Waals surface area contributed by atoms with Gasteiger partial charge in [0.15, 0.2) is 5.78 Å². The maximum absolute atomic E-state index is 12.6. The summed E-state index contributed by atoms with van der Waals surface area (Å²) in [6, 6.07) is 21.6. The second-order valence-corrected chi connectivity index (χ2v) is 7.03. The number of allylic oxidation sites excluding steroid dienone is 2. The van der Waals surface area contributed by atoms with Gasteiger partial charge in [-0.25, -0.2) is 0 Å². The Morgan fingerprint density at radius 2 is 1.71 bits per heavy atom. The Bertz CT molecular complexity index is 1110. The van der Waals surface area contributed by atoms with Gasteiger partial charge in [0.25, 0.3) is 0 Å². The van der Waals surface area contributed by atoms with Crippen molar-refractivity contribution in [2.24, 2.45) is 4.99 Å². The number of hydrogen-bond donors (Lipinski definition) is 2. The minimum atomic E-state index is -0.0581. The van der Waals surface area contributed by atoms with Crippen molar-refractivity contribution < 1.29 is 9.90 Å². The van der Waals surface area contributed by atoms with Crippen molar-refractivity contribution in [3.8, 4) is 0 Å². The average molecular weight is 370 g/mol. The van der Waals surface area contributed by atoms with Crippen LogP contribution in [0.3, 0.4) is 0 Å². The number of anilines is 1. The first-order valence-corrected chi connectivity index (χ1v) is 9.48. The van der Waals surface area contributed by atoms with E-state index in [0.717, 1.165) is 16.3 Å². The lowest BCUT2D eigenvalue weighted by Crippen LogP contribution is -2.21. The van der Waals surface area contributed by atoms with Crippen LogP contribution in [0, 0.1) is 0 Å². The number of aliphatic hydroxyl groups is 1. The third-order valence-electron chi connectivity index (χ3n) is 5.10. The monoisotopic (exact) mass is 370 g/mol. The van der Waals surface area contributed by atoms with Gasteiger partial charge in [0, 0.05) is 19.3 Å². The number of rotatable bonds is 4. The first-order valence-electron chi connectivity index (χ1n) is 9.48. The van der Waals surface area contributed by atoms with Gasteiger partial charge in [-0.3, -0.25) is 9.79 Å². The Morgan fingerprint density at radius 1 is 0.964 bits per heavy atom. The van der Waals surface area contributed by atoms with Gasteiger partial charge in [-0.05, 0) is 34.9 Å². The van der Waals surface area contributed by atoms with Crippen molar-refractivity contribution in [1.29, 1.82) is 0 Å². The van der Waals surface area contributed by atoms with E-state index >= 15 is 0 Å². The molecule has 0 spiro atoms. The molecule has 4 nitrogen and oxygen atoms in total. The Balaban J connectivity index is 1.86. The van der Waals surface area contributed by atoms with E-state index in [-0.39, 0.29) is 11.5 Å². The molecule has 0 saturated carbocycles. The van der Waals surface area contributed by atoms with Gasteiger partial charge >= 0.3 is 0 Å². The standard InChI is InChI=1S/C24H22N2O2/c25-19-11-3-4-12-20(19)26-21(24-22(27)13-6-14-23(24)28)15-17-9-5-8-16-7-1-2-10-18(16)17/h1-5,7-12,27H,6,13-15,25H2. The highest BCUT2D eigenvalue weighted by molar-refractivity contribution is 6.24. The largest absolute Gasteiger partial charge is 0.511 e. The van der Waals surface area contributed by atoms with Crippen molar-refractivity contribution in [2.75, 3.05) is 5.73 Å². The first kappa shape index (κ1) is 18.0. The molecule has 3 aromatic carbocycles. The smallest absolute Gasteiger partial charge is 0.168 e. The second kappa shape index (κ2) is 7.69. The van der Waals surface area contributed by atoms with E-state index in [1.54, 1.807) is 6.07 Å². The number of ketones is 1. The molecule has 4 rings (SSSR count). The highest BCUT2D eigenvalue weighted by Crippen LogP contribution is 2.29. The van der Waals surface area contributed by atoms with Crippen molar-refractivity contribution in [3.63, 3.8) is 0 Å². The predicted octanol–water partition coefficient (Wildman–Crippen LogP) is 5.30. The molecule has 0 heterocycles. The summed E-state index contributed by atoms with van der Waals surface area (Å²) in [7, 11) is 0. The molecule has 0 radical (unpaired) electrons. The SMILES string of the molecule is Nc1ccccc1N=C(Cc1cccc2ccccc12)C1=C(O)CCCC1=O. The van der Waals surface area contributed by atoms with Gasteiger partial charge in [-0.1, -0.05) is 54.6 Å². The molecule has 0 saturated heterocycles. The van der Waals surface area contributed by atoms with Gasteiger partial charge in [-0.15, -0.1) is 0 Å². The van der Waals surface area contributed by atoms with E-state index in [1.165, 1.54) is 0 Å². The van der Waals surface area contributed by atoms with Gasteiger partial charge < -0.3 is 10.8 Å². The minimum absolute atomic E-state index is 0.0581. The zero-order valence-corrected chi connectivity index (χ0v) is 15.6. The number of nitrogen functional groups attached to an aromatic ring is 1. The normalized spacial score (nSPS) is 15.3. The molecule has 1 aliphatic carbocycles. The molecule has 0 aromatic heterocycles. The number of carbonyl (C=O) groups excluding carboxylic acids is 1. The molecule has 4 heteroatoms. The van der Waals surface area contributed by atoms with Crippen molar-refractivity contribution in [2.45, 2.75) is 25.7 Å². The third kappa shape index (κ3) is 3.54. The zero-order valence-electron chi connectivity index (χ0n) is 15.6. The van der Waals surface area contributed by atoms with E-state index in [2.05, 4.69) is 18.2 Å². The second-order valence-electron chi connectivity index (χ2n) is 7.03. The molecule has 1 aliphatic rings. The van der Waals surface area contributed by atoms with Gasteiger partial charge in [0.05, 0.1) is 22.7 Å². The Morgan fingerprint density at radius 3 is 2.54 bits per heavy atom. The maximum Gasteiger partial charge on any atom is 0.168 e. The summed E-state index contributed by atoms with van der Waals surface area (Å²) in [6.45, 7) is 0. The summed E-state index contributed by atoms with van der Waals surface area (Å²) in [5.41, 5.74) is 9.21. The van der Waals surface area contributed by atoms with Gasteiger partial charge in [-0.2, -0.15) is 0 Å². The lowest BCUT2D eigenvalue weighted by molar-refractivity contribution is -0.115. The zero-order chi connectivity index (χ0) is 19.5. The fourth-order valence-electron chi connectivity index (χ4n) is 3.70. The number of Topliss-reactive ketones (excluding diaryl/α,β-unsaturated/α-hetero) is 1. The number of fused-ring (bicyclic) bond motifs is 1. The van der Waals surface area contributed by atoms with Crippen molar-refractivity contribution in [3.05, 3.63) is 83.6 Å². The van der Waals surface area contributed by atoms with Crippen LogP contribution in [0.1, 0.15) is 24.8 Å². The van der Waals surface area contributed by atoms with Crippen LogP contribution >= 0.6 is 0 Å². The van der Waals surface area contributed by atoms with Crippen LogP contribution in [-0.4, -0.2) is 16.6 Å². The van der Waals surface area contributed by atoms with Crippen molar-refractivity contribution in [1.82, 2.24) is 0 Å². The molecule has 140 valence electrons. The van der Waals surface area contributed by atoms with E-state index in [1.807, 2.05) is 42.5 Å². The predicted molar refractivity (Wildman–Crippen MR) is 114 cm³/mol. The fourth-order valence-corrected chi connectivity index (χ4v) is 3.70. The van der Waals surface area contributed by atoms with E-state index in [0.29, 0.717) is 48.3 Å². The molecule has 0 aliphatic heterocycles. The van der Waals surface area contributed by atoms with Crippen LogP contribution in [-0.2, 0) is 11.2 Å². The molecule has 0 fully saturated rings. The summed E-state index contributed by atoms with van der Waals surface area (Å²) in [6.07, 6.45) is 2.04. The number of benzene rings is 3. The highest BCUT2D eigenvalue weighted by atomic mass is 16.3. The number of carbonyl (C=O) groups is 1. The number of para-hydroxylation sites is 2. The molecule has 0 unspecified atom stereocenters. The fraction of sp³-hybridized carbons (Fsp3) is 0.167. The Kier molecular flexibility index (Phi) is 4.94. The van der Waals surface area contributed by atoms with Crippen LogP contribution < -0.4 is 5.73 Å². The molecular weight excluding hydrogens is 348 g/mol. The van der Waals surface area contributed by atoms with Crippen LogP contribution in [0.5, 0.6) is 0 Å². The van der Waals surface area contributed by atoms with Crippen LogP contribution in [0.15, 0.2) is 83.1 Å². The van der Waals surface area contributed by atoms with Crippen molar-refractivity contribution >= 4 is 33.6 Å².